The lowest BCUT2D eigenvalue weighted by atomic mass is 9.80. The average molecular weight is 210 g/mol. The summed E-state index contributed by atoms with van der Waals surface area (Å²) in [4.78, 5) is 0. The minimum atomic E-state index is 1.02. The zero-order valence-electron chi connectivity index (χ0n) is 10.9. The molecule has 0 radical (unpaired) electrons. The quantitative estimate of drug-likeness (QED) is 0.482. The zero-order chi connectivity index (χ0) is 10.9. The fourth-order valence-corrected chi connectivity index (χ4v) is 2.83. The highest BCUT2D eigenvalue weighted by atomic mass is 14.2. The Bertz CT molecular complexity index is 131. The van der Waals surface area contributed by atoms with Gasteiger partial charge in [0.15, 0.2) is 0 Å². The van der Waals surface area contributed by atoms with Gasteiger partial charge in [0.1, 0.15) is 0 Å². The third-order valence-corrected chi connectivity index (χ3v) is 4.10. The summed E-state index contributed by atoms with van der Waals surface area (Å²) in [5, 5.41) is 0. The first-order valence-electron chi connectivity index (χ1n) is 7.33. The minimum Gasteiger partial charge on any atom is -0.0654 e. The second-order valence-electron chi connectivity index (χ2n) is 5.68. The summed E-state index contributed by atoms with van der Waals surface area (Å²) in [6, 6.07) is 0. The Labute approximate surface area is 96.8 Å². The van der Waals surface area contributed by atoms with E-state index in [9.17, 15) is 0 Å². The second-order valence-corrected chi connectivity index (χ2v) is 5.68. The van der Waals surface area contributed by atoms with Crippen molar-refractivity contribution in [3.63, 3.8) is 0 Å². The predicted octanol–water partition coefficient (Wildman–Crippen LogP) is 5.56. The highest BCUT2D eigenvalue weighted by molar-refractivity contribution is 4.69. The van der Waals surface area contributed by atoms with E-state index in [4.69, 9.17) is 0 Å². The van der Waals surface area contributed by atoms with Gasteiger partial charge in [-0.1, -0.05) is 84.5 Å². The molecule has 0 heteroatoms. The molecule has 1 rings (SSSR count). The first kappa shape index (κ1) is 13.1. The molecule has 90 valence electrons. The van der Waals surface area contributed by atoms with Crippen LogP contribution in [0.2, 0.25) is 0 Å². The van der Waals surface area contributed by atoms with Crippen LogP contribution in [0.5, 0.6) is 0 Å². The molecule has 0 unspecified atom stereocenters. The fraction of sp³-hybridized carbons (Fsp3) is 1.00. The lowest BCUT2D eigenvalue weighted by molar-refractivity contribution is 0.271. The van der Waals surface area contributed by atoms with Crippen molar-refractivity contribution in [3.05, 3.63) is 0 Å². The van der Waals surface area contributed by atoms with Gasteiger partial charge in [-0.05, 0) is 11.8 Å². The van der Waals surface area contributed by atoms with Crippen molar-refractivity contribution in [2.45, 2.75) is 84.5 Å². The third kappa shape index (κ3) is 6.22. The van der Waals surface area contributed by atoms with Crippen LogP contribution in [-0.4, -0.2) is 0 Å². The molecule has 0 spiro atoms. The number of rotatable bonds is 7. The molecule has 0 aromatic rings. The summed E-state index contributed by atoms with van der Waals surface area (Å²) < 4.78 is 0. The second kappa shape index (κ2) is 8.19. The normalized spacial score (nSPS) is 26.8. The van der Waals surface area contributed by atoms with E-state index >= 15 is 0 Å². The summed E-state index contributed by atoms with van der Waals surface area (Å²) in [6.45, 7) is 4.71. The Morgan fingerprint density at radius 1 is 0.800 bits per heavy atom. The molecule has 0 heterocycles. The maximum atomic E-state index is 2.42. The standard InChI is InChI=1S/C15H30/c1-3-4-5-6-7-8-9-15-12-10-14(2)11-13-15/h14-15H,3-13H2,1-2H3. The van der Waals surface area contributed by atoms with Crippen LogP contribution in [0.3, 0.4) is 0 Å². The average Bonchev–Trinajstić information content (AvgIpc) is 2.26. The molecule has 0 nitrogen and oxygen atoms in total. The van der Waals surface area contributed by atoms with Crippen molar-refractivity contribution in [1.29, 1.82) is 0 Å². The first-order chi connectivity index (χ1) is 7.33. The Hall–Kier alpha value is 0. The van der Waals surface area contributed by atoms with E-state index < -0.39 is 0 Å². The highest BCUT2D eigenvalue weighted by Crippen LogP contribution is 2.31. The van der Waals surface area contributed by atoms with Gasteiger partial charge in [0.05, 0.1) is 0 Å². The third-order valence-electron chi connectivity index (χ3n) is 4.10. The van der Waals surface area contributed by atoms with Gasteiger partial charge in [0.2, 0.25) is 0 Å². The van der Waals surface area contributed by atoms with Gasteiger partial charge >= 0.3 is 0 Å². The maximum absolute atomic E-state index is 2.42. The molecule has 0 N–H and O–H groups in total. The summed E-state index contributed by atoms with van der Waals surface area (Å²) >= 11 is 0. The highest BCUT2D eigenvalue weighted by Gasteiger charge is 2.17. The largest absolute Gasteiger partial charge is 0.0654 e. The molecule has 1 aliphatic carbocycles. The van der Waals surface area contributed by atoms with Crippen molar-refractivity contribution < 1.29 is 0 Å². The number of hydrogen-bond acceptors (Lipinski definition) is 0. The van der Waals surface area contributed by atoms with Crippen LogP contribution in [0, 0.1) is 11.8 Å². The lowest BCUT2D eigenvalue weighted by Crippen LogP contribution is -2.12. The molecule has 0 aromatic heterocycles. The molecule has 0 aromatic carbocycles. The molecule has 0 saturated heterocycles. The Morgan fingerprint density at radius 2 is 1.40 bits per heavy atom. The van der Waals surface area contributed by atoms with E-state index in [1.165, 1.54) is 70.6 Å². The van der Waals surface area contributed by atoms with E-state index in [2.05, 4.69) is 13.8 Å². The summed E-state index contributed by atoms with van der Waals surface area (Å²) in [5.74, 6) is 2.11. The molecule has 0 bridgehead atoms. The Kier molecular flexibility index (Phi) is 7.13. The van der Waals surface area contributed by atoms with Crippen LogP contribution in [0.25, 0.3) is 0 Å². The van der Waals surface area contributed by atoms with Crippen LogP contribution in [-0.2, 0) is 0 Å². The maximum Gasteiger partial charge on any atom is -0.0414 e. The molecule has 15 heavy (non-hydrogen) atoms. The molecule has 1 fully saturated rings. The van der Waals surface area contributed by atoms with Crippen molar-refractivity contribution >= 4 is 0 Å². The summed E-state index contributed by atoms with van der Waals surface area (Å²) in [7, 11) is 0. The minimum absolute atomic E-state index is 1.02. The van der Waals surface area contributed by atoms with E-state index in [1.807, 2.05) is 0 Å². The molecule has 0 aliphatic heterocycles. The number of unbranched alkanes of at least 4 members (excludes halogenated alkanes) is 5. The molecule has 1 aliphatic rings. The molecule has 0 atom stereocenters. The fourth-order valence-electron chi connectivity index (χ4n) is 2.83. The van der Waals surface area contributed by atoms with E-state index in [1.54, 1.807) is 0 Å². The summed E-state index contributed by atoms with van der Waals surface area (Å²) in [6.07, 6.45) is 16.3. The Morgan fingerprint density at radius 3 is 2.07 bits per heavy atom. The SMILES string of the molecule is CCCCCCCCC1CCC(C)CC1. The van der Waals surface area contributed by atoms with Crippen LogP contribution >= 0.6 is 0 Å². The van der Waals surface area contributed by atoms with Gasteiger partial charge in [-0.25, -0.2) is 0 Å². The number of hydrogen-bond donors (Lipinski definition) is 0. The van der Waals surface area contributed by atoms with E-state index in [0.717, 1.165) is 11.8 Å². The summed E-state index contributed by atoms with van der Waals surface area (Å²) in [5.41, 5.74) is 0. The molecule has 1 saturated carbocycles. The van der Waals surface area contributed by atoms with Gasteiger partial charge in [-0.3, -0.25) is 0 Å². The Balaban J connectivity index is 1.87. The van der Waals surface area contributed by atoms with Crippen LogP contribution in [0.4, 0.5) is 0 Å². The monoisotopic (exact) mass is 210 g/mol. The van der Waals surface area contributed by atoms with E-state index in [0.29, 0.717) is 0 Å². The molecular formula is C15H30. The first-order valence-corrected chi connectivity index (χ1v) is 7.33. The molecule has 0 amide bonds. The van der Waals surface area contributed by atoms with Gasteiger partial charge in [-0.2, -0.15) is 0 Å². The van der Waals surface area contributed by atoms with Gasteiger partial charge in [0, 0.05) is 0 Å². The van der Waals surface area contributed by atoms with Crippen LogP contribution < -0.4 is 0 Å². The van der Waals surface area contributed by atoms with Gasteiger partial charge in [0.25, 0.3) is 0 Å². The van der Waals surface area contributed by atoms with Crippen molar-refractivity contribution in [3.8, 4) is 0 Å². The van der Waals surface area contributed by atoms with E-state index in [-0.39, 0.29) is 0 Å². The predicted molar refractivity (Wildman–Crippen MR) is 69.1 cm³/mol. The lowest BCUT2D eigenvalue weighted by Gasteiger charge is -2.25. The topological polar surface area (TPSA) is 0 Å². The van der Waals surface area contributed by atoms with Crippen molar-refractivity contribution in [1.82, 2.24) is 0 Å². The zero-order valence-corrected chi connectivity index (χ0v) is 10.9. The van der Waals surface area contributed by atoms with Crippen molar-refractivity contribution in [2.75, 3.05) is 0 Å². The van der Waals surface area contributed by atoms with Crippen molar-refractivity contribution in [2.24, 2.45) is 11.8 Å². The van der Waals surface area contributed by atoms with Gasteiger partial charge in [-0.15, -0.1) is 0 Å². The smallest absolute Gasteiger partial charge is 0.0414 e. The van der Waals surface area contributed by atoms with Crippen LogP contribution in [0.15, 0.2) is 0 Å². The van der Waals surface area contributed by atoms with Crippen LogP contribution in [0.1, 0.15) is 84.5 Å². The van der Waals surface area contributed by atoms with Gasteiger partial charge < -0.3 is 0 Å². The molecular weight excluding hydrogens is 180 g/mol.